The van der Waals surface area contributed by atoms with Crippen LogP contribution >= 0.6 is 0 Å². The smallest absolute Gasteiger partial charge is 0.0362 e. The molecule has 74 valence electrons. The van der Waals surface area contributed by atoms with E-state index in [4.69, 9.17) is 5.73 Å². The molecule has 2 aliphatic carbocycles. The number of nitrogens with one attached hydrogen (secondary N) is 1. The molecule has 2 heteroatoms. The van der Waals surface area contributed by atoms with Gasteiger partial charge in [0.25, 0.3) is 0 Å². The molecular formula is C12H16N2. The predicted molar refractivity (Wildman–Crippen MR) is 59.1 cm³/mol. The van der Waals surface area contributed by atoms with Crippen LogP contribution in [0.25, 0.3) is 0 Å². The van der Waals surface area contributed by atoms with E-state index in [1.54, 1.807) is 0 Å². The van der Waals surface area contributed by atoms with Crippen LogP contribution in [0.3, 0.4) is 0 Å². The minimum Gasteiger partial charge on any atom is -0.399 e. The number of fused-ring (bicyclic) bond motifs is 1. The minimum atomic E-state index is 0.695. The third-order valence-corrected chi connectivity index (χ3v) is 3.50. The van der Waals surface area contributed by atoms with Gasteiger partial charge in [-0.15, -0.1) is 0 Å². The number of hydrogen-bond acceptors (Lipinski definition) is 2. The fraction of sp³-hybridized carbons (Fsp3) is 0.500. The van der Waals surface area contributed by atoms with Crippen molar-refractivity contribution in [1.82, 2.24) is 0 Å². The van der Waals surface area contributed by atoms with Gasteiger partial charge in [-0.2, -0.15) is 0 Å². The highest BCUT2D eigenvalue weighted by Crippen LogP contribution is 2.52. The molecule has 14 heavy (non-hydrogen) atoms. The second-order valence-electron chi connectivity index (χ2n) is 4.69. The van der Waals surface area contributed by atoms with Crippen molar-refractivity contribution in [2.45, 2.75) is 25.3 Å². The molecule has 2 nitrogen and oxygen atoms in total. The van der Waals surface area contributed by atoms with Crippen LogP contribution in [0.5, 0.6) is 0 Å². The third-order valence-electron chi connectivity index (χ3n) is 3.50. The Bertz CT molecular complexity index is 338. The van der Waals surface area contributed by atoms with E-state index >= 15 is 0 Å². The zero-order chi connectivity index (χ0) is 9.54. The van der Waals surface area contributed by atoms with Crippen molar-refractivity contribution in [1.29, 1.82) is 0 Å². The minimum absolute atomic E-state index is 0.695. The van der Waals surface area contributed by atoms with Crippen molar-refractivity contribution in [2.75, 3.05) is 11.1 Å². The van der Waals surface area contributed by atoms with Crippen LogP contribution in [-0.2, 0) is 0 Å². The van der Waals surface area contributed by atoms with Gasteiger partial charge in [0, 0.05) is 17.4 Å². The SMILES string of the molecule is Nc1cccc(NC2CC3CC3C2)c1. The summed E-state index contributed by atoms with van der Waals surface area (Å²) in [5, 5.41) is 3.56. The van der Waals surface area contributed by atoms with Gasteiger partial charge in [-0.3, -0.25) is 0 Å². The zero-order valence-corrected chi connectivity index (χ0v) is 8.24. The fourth-order valence-electron chi connectivity index (χ4n) is 2.70. The van der Waals surface area contributed by atoms with Crippen molar-refractivity contribution >= 4 is 11.4 Å². The fourth-order valence-corrected chi connectivity index (χ4v) is 2.70. The van der Waals surface area contributed by atoms with Crippen molar-refractivity contribution in [3.05, 3.63) is 24.3 Å². The molecule has 0 aliphatic heterocycles. The van der Waals surface area contributed by atoms with Crippen LogP contribution in [0.15, 0.2) is 24.3 Å². The Morgan fingerprint density at radius 3 is 2.64 bits per heavy atom. The number of nitrogens with two attached hydrogens (primary N) is 1. The lowest BCUT2D eigenvalue weighted by atomic mass is 10.1. The molecule has 3 N–H and O–H groups in total. The van der Waals surface area contributed by atoms with Crippen LogP contribution in [-0.4, -0.2) is 6.04 Å². The van der Waals surface area contributed by atoms with E-state index in [-0.39, 0.29) is 0 Å². The second-order valence-corrected chi connectivity index (χ2v) is 4.69. The summed E-state index contributed by atoms with van der Waals surface area (Å²) in [4.78, 5) is 0. The topological polar surface area (TPSA) is 38.0 Å². The summed E-state index contributed by atoms with van der Waals surface area (Å²) in [6.07, 6.45) is 4.20. The largest absolute Gasteiger partial charge is 0.399 e. The summed E-state index contributed by atoms with van der Waals surface area (Å²) in [5.41, 5.74) is 7.75. The first-order valence-electron chi connectivity index (χ1n) is 5.43. The van der Waals surface area contributed by atoms with Crippen LogP contribution in [0.4, 0.5) is 11.4 Å². The Labute approximate surface area is 84.5 Å². The van der Waals surface area contributed by atoms with Crippen LogP contribution < -0.4 is 11.1 Å². The number of hydrogen-bond donors (Lipinski definition) is 2. The Morgan fingerprint density at radius 1 is 1.14 bits per heavy atom. The molecule has 2 aliphatic rings. The molecule has 0 spiro atoms. The summed E-state index contributed by atoms with van der Waals surface area (Å²) < 4.78 is 0. The normalized spacial score (nSPS) is 33.9. The Morgan fingerprint density at radius 2 is 1.93 bits per heavy atom. The van der Waals surface area contributed by atoms with Crippen LogP contribution in [0.2, 0.25) is 0 Å². The van der Waals surface area contributed by atoms with E-state index in [1.807, 2.05) is 18.2 Å². The van der Waals surface area contributed by atoms with Gasteiger partial charge in [0.2, 0.25) is 0 Å². The van der Waals surface area contributed by atoms with Gasteiger partial charge in [-0.1, -0.05) is 6.07 Å². The molecule has 2 unspecified atom stereocenters. The Kier molecular flexibility index (Phi) is 1.69. The van der Waals surface area contributed by atoms with Gasteiger partial charge in [-0.25, -0.2) is 0 Å². The van der Waals surface area contributed by atoms with E-state index in [0.717, 1.165) is 17.5 Å². The van der Waals surface area contributed by atoms with Crippen molar-refractivity contribution in [2.24, 2.45) is 11.8 Å². The lowest BCUT2D eigenvalue weighted by molar-refractivity contribution is 0.652. The quantitative estimate of drug-likeness (QED) is 0.700. The van der Waals surface area contributed by atoms with E-state index in [9.17, 15) is 0 Å². The first-order chi connectivity index (χ1) is 6.81. The Balaban J connectivity index is 1.66. The maximum atomic E-state index is 5.73. The molecule has 2 saturated carbocycles. The molecule has 0 amide bonds. The van der Waals surface area contributed by atoms with Crippen molar-refractivity contribution < 1.29 is 0 Å². The van der Waals surface area contributed by atoms with Gasteiger partial charge in [0.1, 0.15) is 0 Å². The maximum absolute atomic E-state index is 5.73. The van der Waals surface area contributed by atoms with Gasteiger partial charge in [-0.05, 0) is 49.3 Å². The highest BCUT2D eigenvalue weighted by Gasteiger charge is 2.45. The molecule has 1 aromatic rings. The summed E-state index contributed by atoms with van der Waals surface area (Å²) in [6, 6.07) is 8.75. The molecule has 1 aromatic carbocycles. The summed E-state index contributed by atoms with van der Waals surface area (Å²) in [7, 11) is 0. The second kappa shape index (κ2) is 2.91. The number of nitrogen functional groups attached to an aromatic ring is 1. The molecule has 0 radical (unpaired) electrons. The van der Waals surface area contributed by atoms with E-state index < -0.39 is 0 Å². The Hall–Kier alpha value is -1.18. The highest BCUT2D eigenvalue weighted by atomic mass is 14.9. The monoisotopic (exact) mass is 188 g/mol. The first kappa shape index (κ1) is 8.16. The van der Waals surface area contributed by atoms with Crippen LogP contribution in [0, 0.1) is 11.8 Å². The molecule has 2 fully saturated rings. The number of anilines is 2. The van der Waals surface area contributed by atoms with Gasteiger partial charge >= 0.3 is 0 Å². The summed E-state index contributed by atoms with van der Waals surface area (Å²) >= 11 is 0. The van der Waals surface area contributed by atoms with Crippen molar-refractivity contribution in [3.8, 4) is 0 Å². The molecule has 2 atom stereocenters. The highest BCUT2D eigenvalue weighted by molar-refractivity contribution is 5.54. The molecule has 0 heterocycles. The van der Waals surface area contributed by atoms with Gasteiger partial charge in [0.05, 0.1) is 0 Å². The third kappa shape index (κ3) is 1.45. The van der Waals surface area contributed by atoms with Gasteiger partial charge < -0.3 is 11.1 Å². The molecule has 0 bridgehead atoms. The number of benzene rings is 1. The van der Waals surface area contributed by atoms with E-state index in [0.29, 0.717) is 6.04 Å². The lowest BCUT2D eigenvalue weighted by Gasteiger charge is -2.15. The molecule has 0 aromatic heterocycles. The molecule has 0 saturated heterocycles. The predicted octanol–water partition coefficient (Wildman–Crippen LogP) is 2.48. The summed E-state index contributed by atoms with van der Waals surface area (Å²) in [6.45, 7) is 0. The average Bonchev–Trinajstić information content (AvgIpc) is 2.74. The van der Waals surface area contributed by atoms with Crippen LogP contribution in [0.1, 0.15) is 19.3 Å². The maximum Gasteiger partial charge on any atom is 0.0362 e. The standard InChI is InChI=1S/C12H16N2/c13-10-2-1-3-11(7-10)14-12-5-8-4-9(8)6-12/h1-3,7-9,12,14H,4-6,13H2. The van der Waals surface area contributed by atoms with E-state index in [2.05, 4.69) is 11.4 Å². The average molecular weight is 188 g/mol. The first-order valence-corrected chi connectivity index (χ1v) is 5.43. The molecular weight excluding hydrogens is 172 g/mol. The number of rotatable bonds is 2. The zero-order valence-electron chi connectivity index (χ0n) is 8.24. The van der Waals surface area contributed by atoms with Gasteiger partial charge in [0.15, 0.2) is 0 Å². The summed E-state index contributed by atoms with van der Waals surface area (Å²) in [5.74, 6) is 2.07. The lowest BCUT2D eigenvalue weighted by Crippen LogP contribution is -2.16. The van der Waals surface area contributed by atoms with Crippen molar-refractivity contribution in [3.63, 3.8) is 0 Å². The van der Waals surface area contributed by atoms with E-state index in [1.165, 1.54) is 24.9 Å². The molecule has 3 rings (SSSR count).